The molecule has 0 saturated carbocycles. The van der Waals surface area contributed by atoms with E-state index in [0.717, 1.165) is 52.4 Å². The van der Waals surface area contributed by atoms with Crippen molar-refractivity contribution in [3.8, 4) is 11.3 Å². The minimum absolute atomic E-state index is 0.841. The fourth-order valence-corrected chi connectivity index (χ4v) is 4.09. The van der Waals surface area contributed by atoms with Crippen LogP contribution in [0.15, 0.2) is 46.9 Å². The van der Waals surface area contributed by atoms with Gasteiger partial charge in [0.2, 0.25) is 0 Å². The van der Waals surface area contributed by atoms with E-state index in [2.05, 4.69) is 95.4 Å². The SMILES string of the molecule is CCN(CC)Cc1c(-c2ccc(Br)cc2)nc2ccc3c(C)cc(C)nc3n12. The molecule has 0 spiro atoms. The van der Waals surface area contributed by atoms with Gasteiger partial charge >= 0.3 is 0 Å². The van der Waals surface area contributed by atoms with Crippen molar-refractivity contribution in [2.24, 2.45) is 0 Å². The molecule has 5 heteroatoms. The molecule has 3 aromatic heterocycles. The van der Waals surface area contributed by atoms with Gasteiger partial charge in [-0.05, 0) is 62.8 Å². The Hall–Kier alpha value is -2.24. The Labute approximate surface area is 174 Å². The van der Waals surface area contributed by atoms with E-state index in [-0.39, 0.29) is 0 Å². The summed E-state index contributed by atoms with van der Waals surface area (Å²) in [5.74, 6) is 0. The van der Waals surface area contributed by atoms with E-state index in [9.17, 15) is 0 Å². The van der Waals surface area contributed by atoms with E-state index < -0.39 is 0 Å². The van der Waals surface area contributed by atoms with Crippen LogP contribution in [-0.2, 0) is 6.54 Å². The summed E-state index contributed by atoms with van der Waals surface area (Å²) in [5, 5.41) is 1.18. The van der Waals surface area contributed by atoms with Crippen molar-refractivity contribution in [3.63, 3.8) is 0 Å². The zero-order valence-electron chi connectivity index (χ0n) is 16.8. The number of fused-ring (bicyclic) bond motifs is 3. The summed E-state index contributed by atoms with van der Waals surface area (Å²) in [6.07, 6.45) is 0. The van der Waals surface area contributed by atoms with Gasteiger partial charge in [-0.3, -0.25) is 9.30 Å². The second kappa shape index (κ2) is 7.64. The number of rotatable bonds is 5. The highest BCUT2D eigenvalue weighted by atomic mass is 79.9. The Kier molecular flexibility index (Phi) is 5.21. The molecule has 0 aliphatic rings. The monoisotopic (exact) mass is 436 g/mol. The van der Waals surface area contributed by atoms with Gasteiger partial charge in [-0.15, -0.1) is 0 Å². The van der Waals surface area contributed by atoms with E-state index in [4.69, 9.17) is 9.97 Å². The number of benzene rings is 1. The third-order valence-electron chi connectivity index (χ3n) is 5.37. The molecule has 0 amide bonds. The van der Waals surface area contributed by atoms with Crippen molar-refractivity contribution in [2.75, 3.05) is 13.1 Å². The molecule has 4 aromatic rings. The molecule has 1 aromatic carbocycles. The first-order chi connectivity index (χ1) is 13.5. The van der Waals surface area contributed by atoms with Crippen LogP contribution in [0, 0.1) is 13.8 Å². The van der Waals surface area contributed by atoms with Crippen LogP contribution in [0.3, 0.4) is 0 Å². The summed E-state index contributed by atoms with van der Waals surface area (Å²) in [7, 11) is 0. The Bertz CT molecular complexity index is 1140. The Morgan fingerprint density at radius 2 is 1.68 bits per heavy atom. The van der Waals surface area contributed by atoms with Crippen molar-refractivity contribution >= 4 is 32.6 Å². The number of aryl methyl sites for hydroxylation is 2. The predicted molar refractivity (Wildman–Crippen MR) is 120 cm³/mol. The number of hydrogen-bond donors (Lipinski definition) is 0. The highest BCUT2D eigenvalue weighted by molar-refractivity contribution is 9.10. The van der Waals surface area contributed by atoms with Crippen LogP contribution >= 0.6 is 15.9 Å². The fourth-order valence-electron chi connectivity index (χ4n) is 3.83. The second-order valence-corrected chi connectivity index (χ2v) is 8.14. The number of imidazole rings is 1. The van der Waals surface area contributed by atoms with Gasteiger partial charge in [0.15, 0.2) is 0 Å². The first-order valence-corrected chi connectivity index (χ1v) is 10.6. The number of aromatic nitrogens is 3. The molecule has 144 valence electrons. The van der Waals surface area contributed by atoms with Crippen LogP contribution in [-0.4, -0.2) is 32.4 Å². The van der Waals surface area contributed by atoms with Crippen LogP contribution < -0.4 is 0 Å². The normalized spacial score (nSPS) is 11.8. The average molecular weight is 437 g/mol. The second-order valence-electron chi connectivity index (χ2n) is 7.22. The molecule has 0 atom stereocenters. The van der Waals surface area contributed by atoms with E-state index in [1.165, 1.54) is 16.6 Å². The summed E-state index contributed by atoms with van der Waals surface area (Å²) < 4.78 is 3.33. The number of halogens is 1. The quantitative estimate of drug-likeness (QED) is 0.398. The van der Waals surface area contributed by atoms with E-state index in [0.29, 0.717) is 0 Å². The van der Waals surface area contributed by atoms with Crippen molar-refractivity contribution in [1.29, 1.82) is 0 Å². The molecule has 0 saturated heterocycles. The standard InChI is InChI=1S/C23H25BrN4/c1-5-27(6-2)14-20-22(17-7-9-18(24)10-8-17)26-21-12-11-19-15(3)13-16(4)25-23(19)28(20)21/h7-13H,5-6,14H2,1-4H3. The molecule has 0 aliphatic carbocycles. The molecular weight excluding hydrogens is 412 g/mol. The van der Waals surface area contributed by atoms with Gasteiger partial charge < -0.3 is 0 Å². The minimum atomic E-state index is 0.841. The maximum absolute atomic E-state index is 5.02. The summed E-state index contributed by atoms with van der Waals surface area (Å²) in [5.41, 5.74) is 7.59. The molecule has 28 heavy (non-hydrogen) atoms. The van der Waals surface area contributed by atoms with E-state index in [1.807, 2.05) is 0 Å². The molecule has 0 bridgehead atoms. The Morgan fingerprint density at radius 1 is 0.964 bits per heavy atom. The number of nitrogens with zero attached hydrogens (tertiary/aromatic N) is 4. The molecule has 0 radical (unpaired) electrons. The third-order valence-corrected chi connectivity index (χ3v) is 5.90. The Balaban J connectivity index is 2.06. The maximum Gasteiger partial charge on any atom is 0.146 e. The number of pyridine rings is 2. The number of hydrogen-bond acceptors (Lipinski definition) is 3. The molecule has 0 unspecified atom stereocenters. The average Bonchev–Trinajstić information content (AvgIpc) is 3.05. The smallest absolute Gasteiger partial charge is 0.146 e. The largest absolute Gasteiger partial charge is 0.298 e. The minimum Gasteiger partial charge on any atom is -0.298 e. The van der Waals surface area contributed by atoms with Crippen LogP contribution in [0.5, 0.6) is 0 Å². The van der Waals surface area contributed by atoms with Crippen molar-refractivity contribution in [2.45, 2.75) is 34.2 Å². The van der Waals surface area contributed by atoms with Crippen LogP contribution in [0.25, 0.3) is 27.9 Å². The summed E-state index contributed by atoms with van der Waals surface area (Å²) in [4.78, 5) is 12.4. The topological polar surface area (TPSA) is 33.4 Å². The lowest BCUT2D eigenvalue weighted by molar-refractivity contribution is 0.292. The molecular formula is C23H25BrN4. The Morgan fingerprint density at radius 3 is 2.36 bits per heavy atom. The van der Waals surface area contributed by atoms with Crippen LogP contribution in [0.4, 0.5) is 0 Å². The van der Waals surface area contributed by atoms with Gasteiger partial charge in [0.1, 0.15) is 11.3 Å². The molecule has 0 aliphatic heterocycles. The molecule has 4 nitrogen and oxygen atoms in total. The summed E-state index contributed by atoms with van der Waals surface area (Å²) in [6.45, 7) is 11.5. The van der Waals surface area contributed by atoms with Crippen LogP contribution in [0.1, 0.15) is 30.8 Å². The first kappa shape index (κ1) is 19.1. The fraction of sp³-hybridized carbons (Fsp3) is 0.304. The van der Waals surface area contributed by atoms with Gasteiger partial charge in [-0.1, -0.05) is 41.9 Å². The van der Waals surface area contributed by atoms with Crippen molar-refractivity contribution in [1.82, 2.24) is 19.3 Å². The van der Waals surface area contributed by atoms with Crippen molar-refractivity contribution in [3.05, 3.63) is 63.9 Å². The third kappa shape index (κ3) is 3.33. The maximum atomic E-state index is 5.02. The highest BCUT2D eigenvalue weighted by Crippen LogP contribution is 2.30. The van der Waals surface area contributed by atoms with Crippen LogP contribution in [0.2, 0.25) is 0 Å². The van der Waals surface area contributed by atoms with E-state index >= 15 is 0 Å². The lowest BCUT2D eigenvalue weighted by Crippen LogP contribution is -2.23. The highest BCUT2D eigenvalue weighted by Gasteiger charge is 2.19. The predicted octanol–water partition coefficient (Wildman–Crippen LogP) is 5.77. The van der Waals surface area contributed by atoms with Gasteiger partial charge in [0.05, 0.1) is 11.4 Å². The molecule has 4 rings (SSSR count). The van der Waals surface area contributed by atoms with Gasteiger partial charge in [-0.25, -0.2) is 9.97 Å². The molecule has 0 fully saturated rings. The molecule has 0 N–H and O–H groups in total. The van der Waals surface area contributed by atoms with Gasteiger partial charge in [-0.2, -0.15) is 0 Å². The summed E-state index contributed by atoms with van der Waals surface area (Å²) >= 11 is 3.54. The van der Waals surface area contributed by atoms with Crippen molar-refractivity contribution < 1.29 is 0 Å². The zero-order valence-corrected chi connectivity index (χ0v) is 18.4. The van der Waals surface area contributed by atoms with E-state index in [1.54, 1.807) is 0 Å². The van der Waals surface area contributed by atoms with Gasteiger partial charge in [0.25, 0.3) is 0 Å². The summed E-state index contributed by atoms with van der Waals surface area (Å²) in [6, 6.07) is 14.8. The molecule has 3 heterocycles. The lowest BCUT2D eigenvalue weighted by atomic mass is 10.1. The van der Waals surface area contributed by atoms with Gasteiger partial charge in [0, 0.05) is 27.7 Å². The first-order valence-electron chi connectivity index (χ1n) is 9.78. The zero-order chi connectivity index (χ0) is 19.8. The lowest BCUT2D eigenvalue weighted by Gasteiger charge is -2.19.